The zero-order chi connectivity index (χ0) is 23.1. The molecule has 4 atom stereocenters. The van der Waals surface area contributed by atoms with Gasteiger partial charge >= 0.3 is 6.03 Å². The zero-order valence-electron chi connectivity index (χ0n) is 18.2. The molecule has 0 spiro atoms. The molecule has 0 aromatic heterocycles. The van der Waals surface area contributed by atoms with Gasteiger partial charge in [-0.25, -0.2) is 4.79 Å². The van der Waals surface area contributed by atoms with E-state index in [9.17, 15) is 14.7 Å². The highest BCUT2D eigenvalue weighted by Crippen LogP contribution is 2.28. The lowest BCUT2D eigenvalue weighted by atomic mass is 9.95. The van der Waals surface area contributed by atoms with Gasteiger partial charge < -0.3 is 30.1 Å². The van der Waals surface area contributed by atoms with E-state index in [1.165, 1.54) is 0 Å². The molecule has 1 aromatic carbocycles. The highest BCUT2D eigenvalue weighted by molar-refractivity contribution is 6.42. The van der Waals surface area contributed by atoms with E-state index in [1.807, 2.05) is 13.0 Å². The Morgan fingerprint density at radius 2 is 2.00 bits per heavy atom. The van der Waals surface area contributed by atoms with Crippen LogP contribution in [0, 0.1) is 0 Å². The number of amides is 3. The van der Waals surface area contributed by atoms with E-state index in [1.54, 1.807) is 17.0 Å². The number of aliphatic hydroxyl groups is 1. The molecule has 0 unspecified atom stereocenters. The molecule has 2 aliphatic heterocycles. The first-order valence-electron chi connectivity index (χ1n) is 11.0. The maximum absolute atomic E-state index is 12.7. The van der Waals surface area contributed by atoms with Gasteiger partial charge in [0.15, 0.2) is 0 Å². The van der Waals surface area contributed by atoms with Gasteiger partial charge in [-0.15, -0.1) is 0 Å². The summed E-state index contributed by atoms with van der Waals surface area (Å²) >= 11 is 11.9. The highest BCUT2D eigenvalue weighted by atomic mass is 35.5. The molecule has 3 N–H and O–H groups in total. The van der Waals surface area contributed by atoms with E-state index >= 15 is 0 Å². The summed E-state index contributed by atoms with van der Waals surface area (Å²) in [7, 11) is 0. The number of carbonyl (C=O) groups excluding carboxylic acids is 2. The van der Waals surface area contributed by atoms with Crippen molar-refractivity contribution in [3.05, 3.63) is 33.8 Å². The lowest BCUT2D eigenvalue weighted by molar-refractivity contribution is -0.150. The average molecular weight is 488 g/mol. The molecule has 32 heavy (non-hydrogen) atoms. The standard InChI is InChI=1S/C22H31Cl2N3O5/c1-2-7-25-22(30)27-11-15(28)12-31-13-20-19(27)6-4-16(32-20)9-21(29)26-10-14-3-5-17(23)18(24)8-14/h3,5,8,15-16,19-20,28H,2,4,6-7,9-13H2,1H3,(H,25,30)(H,26,29)/t15-,16-,19-,20+/m0/s1. The number of nitrogens with one attached hydrogen (secondary N) is 2. The van der Waals surface area contributed by atoms with Gasteiger partial charge in [0, 0.05) is 13.1 Å². The summed E-state index contributed by atoms with van der Waals surface area (Å²) in [5, 5.41) is 16.8. The number of aliphatic hydroxyl groups excluding tert-OH is 1. The molecular weight excluding hydrogens is 457 g/mol. The molecule has 3 amide bonds. The first-order valence-corrected chi connectivity index (χ1v) is 11.8. The highest BCUT2D eigenvalue weighted by Gasteiger charge is 2.39. The van der Waals surface area contributed by atoms with Crippen LogP contribution in [0.4, 0.5) is 4.79 Å². The van der Waals surface area contributed by atoms with Crippen LogP contribution in [0.15, 0.2) is 18.2 Å². The zero-order valence-corrected chi connectivity index (χ0v) is 19.7. The van der Waals surface area contributed by atoms with Crippen molar-refractivity contribution in [3.63, 3.8) is 0 Å². The summed E-state index contributed by atoms with van der Waals surface area (Å²) in [5.41, 5.74) is 0.859. The summed E-state index contributed by atoms with van der Waals surface area (Å²) in [4.78, 5) is 26.8. The van der Waals surface area contributed by atoms with Crippen molar-refractivity contribution in [2.45, 2.75) is 63.5 Å². The molecule has 2 fully saturated rings. The quantitative estimate of drug-likeness (QED) is 0.572. The molecule has 2 aliphatic rings. The van der Waals surface area contributed by atoms with Crippen LogP contribution in [-0.2, 0) is 20.8 Å². The number of hydrogen-bond acceptors (Lipinski definition) is 5. The Morgan fingerprint density at radius 1 is 1.19 bits per heavy atom. The number of fused-ring (bicyclic) bond motifs is 1. The number of nitrogens with zero attached hydrogens (tertiary/aromatic N) is 1. The molecule has 2 saturated heterocycles. The molecule has 0 radical (unpaired) electrons. The third-order valence-corrected chi connectivity index (χ3v) is 6.39. The van der Waals surface area contributed by atoms with E-state index < -0.39 is 6.10 Å². The minimum atomic E-state index is -0.742. The molecule has 3 rings (SSSR count). The van der Waals surface area contributed by atoms with E-state index in [4.69, 9.17) is 32.7 Å². The molecule has 178 valence electrons. The Kier molecular flexibility index (Phi) is 9.43. The van der Waals surface area contributed by atoms with Gasteiger partial charge in [0.05, 0.1) is 54.5 Å². The largest absolute Gasteiger partial charge is 0.389 e. The summed E-state index contributed by atoms with van der Waals surface area (Å²) in [6.45, 7) is 3.50. The number of halogens is 2. The molecule has 1 aromatic rings. The maximum atomic E-state index is 12.7. The van der Waals surface area contributed by atoms with E-state index in [0.29, 0.717) is 36.0 Å². The Balaban J connectivity index is 1.55. The minimum Gasteiger partial charge on any atom is -0.389 e. The van der Waals surface area contributed by atoms with Crippen molar-refractivity contribution in [3.8, 4) is 0 Å². The monoisotopic (exact) mass is 487 g/mol. The first-order chi connectivity index (χ1) is 15.4. The second kappa shape index (κ2) is 12.0. The van der Waals surface area contributed by atoms with Crippen molar-refractivity contribution in [1.29, 1.82) is 0 Å². The number of carbonyl (C=O) groups is 2. The topological polar surface area (TPSA) is 100 Å². The van der Waals surface area contributed by atoms with Crippen LogP contribution in [0.1, 0.15) is 38.2 Å². The predicted octanol–water partition coefficient (Wildman–Crippen LogP) is 2.73. The van der Waals surface area contributed by atoms with Crippen LogP contribution in [0.25, 0.3) is 0 Å². The van der Waals surface area contributed by atoms with Crippen molar-refractivity contribution in [1.82, 2.24) is 15.5 Å². The van der Waals surface area contributed by atoms with Crippen molar-refractivity contribution < 1.29 is 24.2 Å². The van der Waals surface area contributed by atoms with Crippen molar-refractivity contribution in [2.75, 3.05) is 26.3 Å². The van der Waals surface area contributed by atoms with Gasteiger partial charge in [0.2, 0.25) is 5.91 Å². The van der Waals surface area contributed by atoms with Gasteiger partial charge in [-0.05, 0) is 37.0 Å². The van der Waals surface area contributed by atoms with Gasteiger partial charge in [-0.2, -0.15) is 0 Å². The maximum Gasteiger partial charge on any atom is 0.317 e. The van der Waals surface area contributed by atoms with Crippen LogP contribution in [0.2, 0.25) is 10.0 Å². The average Bonchev–Trinajstić information content (AvgIpc) is 2.76. The summed E-state index contributed by atoms with van der Waals surface area (Å²) in [5.74, 6) is -0.126. The van der Waals surface area contributed by atoms with E-state index in [2.05, 4.69) is 10.6 Å². The van der Waals surface area contributed by atoms with Crippen LogP contribution in [0.3, 0.4) is 0 Å². The molecule has 0 aliphatic carbocycles. The Morgan fingerprint density at radius 3 is 2.75 bits per heavy atom. The lowest BCUT2D eigenvalue weighted by Gasteiger charge is -2.44. The fourth-order valence-corrected chi connectivity index (χ4v) is 4.36. The number of hydrogen-bond donors (Lipinski definition) is 3. The number of urea groups is 1. The van der Waals surface area contributed by atoms with Crippen LogP contribution in [-0.4, -0.2) is 72.6 Å². The first kappa shape index (κ1) is 25.1. The molecule has 0 bridgehead atoms. The minimum absolute atomic E-state index is 0.126. The molecule has 8 nitrogen and oxygen atoms in total. The summed E-state index contributed by atoms with van der Waals surface area (Å²) in [6, 6.07) is 4.82. The van der Waals surface area contributed by atoms with Gasteiger partial charge in [0.1, 0.15) is 6.10 Å². The number of benzene rings is 1. The predicted molar refractivity (Wildman–Crippen MR) is 122 cm³/mol. The smallest absolute Gasteiger partial charge is 0.317 e. The summed E-state index contributed by atoms with van der Waals surface area (Å²) < 4.78 is 11.8. The van der Waals surface area contributed by atoms with Crippen molar-refractivity contribution in [2.24, 2.45) is 0 Å². The van der Waals surface area contributed by atoms with Crippen LogP contribution < -0.4 is 10.6 Å². The van der Waals surface area contributed by atoms with Crippen LogP contribution >= 0.6 is 23.2 Å². The third kappa shape index (κ3) is 6.96. The lowest BCUT2D eigenvalue weighted by Crippen LogP contribution is -2.59. The van der Waals surface area contributed by atoms with Crippen molar-refractivity contribution >= 4 is 35.1 Å². The van der Waals surface area contributed by atoms with E-state index in [0.717, 1.165) is 12.0 Å². The van der Waals surface area contributed by atoms with Crippen LogP contribution in [0.5, 0.6) is 0 Å². The second-order valence-electron chi connectivity index (χ2n) is 8.25. The van der Waals surface area contributed by atoms with Gasteiger partial charge in [0.25, 0.3) is 0 Å². The van der Waals surface area contributed by atoms with E-state index in [-0.39, 0.29) is 56.4 Å². The Bertz CT molecular complexity index is 797. The Labute approximate surface area is 198 Å². The molecular formula is C22H31Cl2N3O5. The number of ether oxygens (including phenoxy) is 2. The fourth-order valence-electron chi connectivity index (χ4n) is 4.04. The Hall–Kier alpha value is -1.58. The molecule has 2 heterocycles. The van der Waals surface area contributed by atoms with Gasteiger partial charge in [-0.1, -0.05) is 36.2 Å². The number of rotatable bonds is 6. The normalized spacial score (nSPS) is 25.9. The third-order valence-electron chi connectivity index (χ3n) is 5.65. The number of β-amino-alcohol motifs (C(OH)–C–C–N with tert-alkyl or cyclic N) is 1. The summed E-state index contributed by atoms with van der Waals surface area (Å²) in [6.07, 6.45) is 0.994. The second-order valence-corrected chi connectivity index (χ2v) is 9.06. The SMILES string of the molecule is CCCNC(=O)N1C[C@H](O)COC[C@H]2O[C@H](CC(=O)NCc3ccc(Cl)c(Cl)c3)CC[C@@H]21. The molecule has 10 heteroatoms. The van der Waals surface area contributed by atoms with Gasteiger partial charge in [-0.3, -0.25) is 4.79 Å². The molecule has 0 saturated carbocycles. The fraction of sp³-hybridized carbons (Fsp3) is 0.636.